The van der Waals surface area contributed by atoms with Crippen LogP contribution in [0, 0.1) is 12.3 Å². The Balaban J connectivity index is 2.58. The third kappa shape index (κ3) is 3.97. The lowest BCUT2D eigenvalue weighted by Crippen LogP contribution is -2.46. The van der Waals surface area contributed by atoms with Crippen LogP contribution in [-0.4, -0.2) is 29.2 Å². The lowest BCUT2D eigenvalue weighted by atomic mass is 10.1. The summed E-state index contributed by atoms with van der Waals surface area (Å²) in [5, 5.41) is 0.785. The molecule has 1 nitrogen and oxygen atoms in total. The molecule has 3 heteroatoms. The predicted octanol–water partition coefficient (Wildman–Crippen LogP) is 3.35. The molecule has 0 aromatic heterocycles. The number of benzene rings is 1. The van der Waals surface area contributed by atoms with Crippen LogP contribution in [0.3, 0.4) is 0 Å². The Hall–Kier alpha value is -0.240. The van der Waals surface area contributed by atoms with E-state index in [1.54, 1.807) is 0 Å². The van der Waals surface area contributed by atoms with Crippen LogP contribution in [0.2, 0.25) is 5.02 Å². The van der Waals surface area contributed by atoms with Crippen LogP contribution >= 0.6 is 34.2 Å². The molecule has 1 aromatic rings. The summed E-state index contributed by atoms with van der Waals surface area (Å²) in [4.78, 5) is 0. The molecule has 0 spiro atoms. The van der Waals surface area contributed by atoms with Gasteiger partial charge in [-0.05, 0) is 23.6 Å². The second-order valence-electron chi connectivity index (χ2n) is 4.38. The molecule has 0 bridgehead atoms. The quantitative estimate of drug-likeness (QED) is 0.257. The van der Waals surface area contributed by atoms with Crippen molar-refractivity contribution in [2.45, 2.75) is 10.5 Å². The van der Waals surface area contributed by atoms with Crippen LogP contribution in [0.15, 0.2) is 24.3 Å². The monoisotopic (exact) mass is 348 g/mol. The molecular formula is C13H16ClIN+. The lowest BCUT2D eigenvalue weighted by Gasteiger charge is -2.32. The maximum atomic E-state index is 5.84. The summed E-state index contributed by atoms with van der Waals surface area (Å²) in [5.74, 6) is 2.79. The Morgan fingerprint density at radius 3 is 2.44 bits per heavy atom. The van der Waals surface area contributed by atoms with E-state index in [4.69, 9.17) is 18.0 Å². The van der Waals surface area contributed by atoms with E-state index >= 15 is 0 Å². The van der Waals surface area contributed by atoms with Crippen LogP contribution in [0.4, 0.5) is 0 Å². The molecule has 0 aliphatic carbocycles. The molecule has 1 rings (SSSR count). The average Bonchev–Trinajstić information content (AvgIpc) is 2.27. The number of nitrogens with zero attached hydrogens (tertiary/aromatic N) is 1. The zero-order valence-electron chi connectivity index (χ0n) is 9.58. The molecule has 1 aromatic carbocycles. The zero-order valence-corrected chi connectivity index (χ0v) is 12.5. The van der Waals surface area contributed by atoms with Gasteiger partial charge in [0.25, 0.3) is 0 Å². The van der Waals surface area contributed by atoms with Crippen LogP contribution in [0.5, 0.6) is 0 Å². The van der Waals surface area contributed by atoms with Crippen molar-refractivity contribution < 1.29 is 4.48 Å². The Kier molecular flexibility index (Phi) is 5.10. The third-order valence-electron chi connectivity index (χ3n) is 2.64. The van der Waals surface area contributed by atoms with E-state index in [-0.39, 0.29) is 4.05 Å². The summed E-state index contributed by atoms with van der Waals surface area (Å²) in [5.41, 5.74) is 1.30. The minimum Gasteiger partial charge on any atom is -0.307 e. The number of rotatable bonds is 4. The van der Waals surface area contributed by atoms with Gasteiger partial charge in [-0.1, -0.05) is 23.7 Å². The van der Waals surface area contributed by atoms with Gasteiger partial charge in [0.2, 0.25) is 0 Å². The van der Waals surface area contributed by atoms with Crippen molar-refractivity contribution in [1.29, 1.82) is 0 Å². The molecule has 0 radical (unpaired) electrons. The van der Waals surface area contributed by atoms with E-state index < -0.39 is 0 Å². The normalized spacial score (nSPS) is 13.2. The average molecular weight is 349 g/mol. The first-order valence-electron chi connectivity index (χ1n) is 5.13. The Labute approximate surface area is 117 Å². The maximum absolute atomic E-state index is 5.84. The largest absolute Gasteiger partial charge is 0.307 e. The molecule has 0 saturated heterocycles. The van der Waals surface area contributed by atoms with Crippen molar-refractivity contribution >= 4 is 34.2 Å². The van der Waals surface area contributed by atoms with Crippen molar-refractivity contribution in [3.63, 3.8) is 0 Å². The molecule has 0 amide bonds. The molecule has 1 atom stereocenters. The van der Waals surface area contributed by atoms with Gasteiger partial charge in [-0.2, -0.15) is 0 Å². The van der Waals surface area contributed by atoms with Gasteiger partial charge >= 0.3 is 0 Å². The molecular weight excluding hydrogens is 333 g/mol. The maximum Gasteiger partial charge on any atom is 0.200 e. The van der Waals surface area contributed by atoms with E-state index in [0.29, 0.717) is 0 Å². The van der Waals surface area contributed by atoms with Crippen molar-refractivity contribution in [2.75, 3.05) is 20.6 Å². The minimum atomic E-state index is 0.213. The molecule has 0 N–H and O–H groups in total. The summed E-state index contributed by atoms with van der Waals surface area (Å²) < 4.78 is 1.05. The first-order valence-corrected chi connectivity index (χ1v) is 6.75. The number of halogens is 2. The third-order valence-corrected chi connectivity index (χ3v) is 4.76. The molecule has 0 heterocycles. The fourth-order valence-corrected chi connectivity index (χ4v) is 1.79. The van der Waals surface area contributed by atoms with Gasteiger partial charge in [-0.3, -0.25) is 0 Å². The standard InChI is InChI=1S/C13H16ClIN/c1-4-13(15)16(2,3)10-9-11-5-7-12(14)8-6-11/h1,5-8,13H,9-10H2,2-3H3/q+1. The van der Waals surface area contributed by atoms with Crippen molar-refractivity contribution in [1.82, 2.24) is 0 Å². The molecule has 86 valence electrons. The Morgan fingerprint density at radius 2 is 1.94 bits per heavy atom. The first kappa shape index (κ1) is 13.8. The van der Waals surface area contributed by atoms with E-state index in [0.717, 1.165) is 22.5 Å². The molecule has 16 heavy (non-hydrogen) atoms. The van der Waals surface area contributed by atoms with Gasteiger partial charge in [0.1, 0.15) is 0 Å². The number of alkyl halides is 1. The van der Waals surface area contributed by atoms with Crippen LogP contribution in [0.25, 0.3) is 0 Å². The Bertz CT molecular complexity index is 378. The number of quaternary nitrogens is 1. The summed E-state index contributed by atoms with van der Waals surface area (Å²) in [6.45, 7) is 1.03. The second-order valence-corrected chi connectivity index (χ2v) is 6.00. The second kappa shape index (κ2) is 5.90. The molecule has 0 aliphatic rings. The van der Waals surface area contributed by atoms with E-state index in [1.807, 2.05) is 12.1 Å². The Morgan fingerprint density at radius 1 is 1.38 bits per heavy atom. The topological polar surface area (TPSA) is 0 Å². The van der Waals surface area contributed by atoms with Crippen molar-refractivity contribution in [3.8, 4) is 12.3 Å². The van der Waals surface area contributed by atoms with Gasteiger partial charge in [0.15, 0.2) is 4.05 Å². The highest BCUT2D eigenvalue weighted by atomic mass is 127. The van der Waals surface area contributed by atoms with Gasteiger partial charge in [-0.15, -0.1) is 6.42 Å². The SMILES string of the molecule is C#CC(I)[N+](C)(C)CCc1ccc(Cl)cc1. The van der Waals surface area contributed by atoms with Crippen LogP contribution < -0.4 is 0 Å². The first-order chi connectivity index (χ1) is 7.45. The minimum absolute atomic E-state index is 0.213. The van der Waals surface area contributed by atoms with E-state index in [1.165, 1.54) is 5.56 Å². The fraction of sp³-hybridized carbons (Fsp3) is 0.385. The molecule has 0 fully saturated rings. The number of hydrogen-bond acceptors (Lipinski definition) is 0. The van der Waals surface area contributed by atoms with Gasteiger partial charge < -0.3 is 4.48 Å². The number of terminal acetylenes is 1. The zero-order chi connectivity index (χ0) is 12.2. The van der Waals surface area contributed by atoms with E-state index in [2.05, 4.69) is 54.7 Å². The fourth-order valence-electron chi connectivity index (χ4n) is 1.38. The highest BCUT2D eigenvalue weighted by molar-refractivity contribution is 14.1. The summed E-state index contributed by atoms with van der Waals surface area (Å²) in [6.07, 6.45) is 6.48. The molecule has 0 saturated carbocycles. The smallest absolute Gasteiger partial charge is 0.200 e. The van der Waals surface area contributed by atoms with Crippen molar-refractivity contribution in [3.05, 3.63) is 34.9 Å². The molecule has 0 aliphatic heterocycles. The lowest BCUT2D eigenvalue weighted by molar-refractivity contribution is -0.888. The number of hydrogen-bond donors (Lipinski definition) is 0. The van der Waals surface area contributed by atoms with Crippen LogP contribution in [-0.2, 0) is 6.42 Å². The summed E-state index contributed by atoms with van der Waals surface area (Å²) in [7, 11) is 4.32. The van der Waals surface area contributed by atoms with Gasteiger partial charge in [-0.25, -0.2) is 0 Å². The van der Waals surface area contributed by atoms with Crippen LogP contribution in [0.1, 0.15) is 5.56 Å². The predicted molar refractivity (Wildman–Crippen MR) is 78.8 cm³/mol. The highest BCUT2D eigenvalue weighted by Crippen LogP contribution is 2.16. The van der Waals surface area contributed by atoms with E-state index in [9.17, 15) is 0 Å². The van der Waals surface area contributed by atoms with Gasteiger partial charge in [0, 0.05) is 34.0 Å². The number of likely N-dealkylation sites (N-methyl/N-ethyl adjacent to an activating group) is 1. The van der Waals surface area contributed by atoms with Crippen molar-refractivity contribution in [2.24, 2.45) is 0 Å². The molecule has 1 unspecified atom stereocenters. The summed E-state index contributed by atoms with van der Waals surface area (Å²) in [6, 6.07) is 8.00. The van der Waals surface area contributed by atoms with Gasteiger partial charge in [0.05, 0.1) is 20.6 Å². The summed E-state index contributed by atoms with van der Waals surface area (Å²) >= 11 is 8.15. The highest BCUT2D eigenvalue weighted by Gasteiger charge is 2.22.